The molecule has 0 saturated carbocycles. The first-order valence-corrected chi connectivity index (χ1v) is 9.77. The number of nitrogens with zero attached hydrogens (tertiary/aromatic N) is 1. The zero-order valence-electron chi connectivity index (χ0n) is 16.9. The fraction of sp³-hybridized carbons (Fsp3) is 0.375. The maximum Gasteiger partial charge on any atom is 0.139 e. The third kappa shape index (κ3) is 3.16. The van der Waals surface area contributed by atoms with E-state index in [9.17, 15) is 4.79 Å². The topological polar surface area (TPSA) is 34.0 Å². The van der Waals surface area contributed by atoms with E-state index in [-0.39, 0.29) is 11.6 Å². The maximum atomic E-state index is 12.2. The largest absolute Gasteiger partial charge is 0.381 e. The Morgan fingerprint density at radius 1 is 1.15 bits per heavy atom. The van der Waals surface area contributed by atoms with Gasteiger partial charge in [0.15, 0.2) is 0 Å². The number of anilines is 1. The normalized spacial score (nSPS) is 17.5. The highest BCUT2D eigenvalue weighted by Gasteiger charge is 2.22. The first-order chi connectivity index (χ1) is 12.7. The van der Waals surface area contributed by atoms with Crippen LogP contribution in [0.15, 0.2) is 42.6 Å². The summed E-state index contributed by atoms with van der Waals surface area (Å²) in [4.78, 5) is 12.2. The Kier molecular flexibility index (Phi) is 4.14. The lowest BCUT2D eigenvalue weighted by Gasteiger charge is -2.23. The molecule has 1 aromatic heterocycles. The molecule has 2 heterocycles. The van der Waals surface area contributed by atoms with Gasteiger partial charge in [0.1, 0.15) is 5.78 Å². The average Bonchev–Trinajstić information content (AvgIpc) is 2.84. The Bertz CT molecular complexity index is 1040. The van der Waals surface area contributed by atoms with Crippen molar-refractivity contribution < 1.29 is 4.79 Å². The zero-order valence-corrected chi connectivity index (χ0v) is 16.9. The molecule has 27 heavy (non-hydrogen) atoms. The minimum Gasteiger partial charge on any atom is -0.381 e. The second kappa shape index (κ2) is 6.26. The molecule has 0 aliphatic carbocycles. The number of benzene rings is 2. The molecule has 1 aliphatic heterocycles. The number of nitrogens with one attached hydrogen (secondary N) is 1. The number of aryl methyl sites for hydroxylation is 1. The molecule has 2 aromatic carbocycles. The van der Waals surface area contributed by atoms with Crippen LogP contribution >= 0.6 is 0 Å². The summed E-state index contributed by atoms with van der Waals surface area (Å²) in [5.41, 5.74) is 7.17. The van der Waals surface area contributed by atoms with E-state index in [1.165, 1.54) is 27.6 Å². The molecule has 1 aliphatic rings. The van der Waals surface area contributed by atoms with Gasteiger partial charge in [-0.25, -0.2) is 0 Å². The highest BCUT2D eigenvalue weighted by Crippen LogP contribution is 2.37. The van der Waals surface area contributed by atoms with E-state index >= 15 is 0 Å². The van der Waals surface area contributed by atoms with Gasteiger partial charge in [-0.2, -0.15) is 0 Å². The Balaban J connectivity index is 1.91. The second-order valence-corrected chi connectivity index (χ2v) is 8.89. The lowest BCUT2D eigenvalue weighted by atomic mass is 9.97. The summed E-state index contributed by atoms with van der Waals surface area (Å²) in [5, 5.41) is 4.89. The number of hydrogen-bond donors (Lipinski definition) is 1. The summed E-state index contributed by atoms with van der Waals surface area (Å²) >= 11 is 0. The zero-order chi connectivity index (χ0) is 19.3. The van der Waals surface area contributed by atoms with Crippen molar-refractivity contribution in [2.75, 3.05) is 5.32 Å². The summed E-state index contributed by atoms with van der Waals surface area (Å²) in [7, 11) is 0. The smallest absolute Gasteiger partial charge is 0.139 e. The third-order valence-corrected chi connectivity index (χ3v) is 5.50. The van der Waals surface area contributed by atoms with Gasteiger partial charge in [-0.1, -0.05) is 30.3 Å². The van der Waals surface area contributed by atoms with E-state index in [0.717, 1.165) is 11.3 Å². The fourth-order valence-corrected chi connectivity index (χ4v) is 4.20. The SMILES string of the molecule is Cc1cn(C(C)(C)C)c2cc(-c3cccc4c3N[C@H](C)CC(=O)C4)ccc12. The van der Waals surface area contributed by atoms with Crippen molar-refractivity contribution in [1.82, 2.24) is 4.57 Å². The standard InChI is InChI=1S/C24H28N2O/c1-15-14-26(24(3,4)5)22-13-17(9-10-20(15)22)21-8-6-7-18-12-19(27)11-16(2)25-23(18)21/h6-10,13-14,16,25H,11-12H2,1-5H3/t16-/m1/s1. The molecule has 4 rings (SSSR count). The van der Waals surface area contributed by atoms with Gasteiger partial charge in [-0.15, -0.1) is 0 Å². The number of Topliss-reactive ketones (excluding diaryl/α,β-unsaturated/α-hetero) is 1. The maximum absolute atomic E-state index is 12.2. The summed E-state index contributed by atoms with van der Waals surface area (Å²) < 4.78 is 2.36. The number of rotatable bonds is 1. The Morgan fingerprint density at radius 3 is 2.67 bits per heavy atom. The number of fused-ring (bicyclic) bond motifs is 2. The lowest BCUT2D eigenvalue weighted by molar-refractivity contribution is -0.118. The van der Waals surface area contributed by atoms with E-state index < -0.39 is 0 Å². The highest BCUT2D eigenvalue weighted by atomic mass is 16.1. The Hall–Kier alpha value is -2.55. The minimum atomic E-state index is 0.0257. The summed E-state index contributed by atoms with van der Waals surface area (Å²) in [5.74, 6) is 0.304. The van der Waals surface area contributed by atoms with Crippen LogP contribution in [0.25, 0.3) is 22.0 Å². The Morgan fingerprint density at radius 2 is 1.93 bits per heavy atom. The van der Waals surface area contributed by atoms with Crippen LogP contribution in [0.1, 0.15) is 45.2 Å². The van der Waals surface area contributed by atoms with E-state index in [0.29, 0.717) is 18.6 Å². The van der Waals surface area contributed by atoms with Crippen LogP contribution in [0.2, 0.25) is 0 Å². The fourth-order valence-electron chi connectivity index (χ4n) is 4.20. The highest BCUT2D eigenvalue weighted by molar-refractivity contribution is 5.93. The number of carbonyl (C=O) groups excluding carboxylic acids is 1. The van der Waals surface area contributed by atoms with Gasteiger partial charge >= 0.3 is 0 Å². The molecule has 3 heteroatoms. The third-order valence-electron chi connectivity index (χ3n) is 5.50. The van der Waals surface area contributed by atoms with Gasteiger partial charge in [0, 0.05) is 52.8 Å². The summed E-state index contributed by atoms with van der Waals surface area (Å²) in [6.45, 7) is 11.0. The van der Waals surface area contributed by atoms with Crippen LogP contribution in [0.5, 0.6) is 0 Å². The van der Waals surface area contributed by atoms with E-state index in [2.05, 4.69) is 87.1 Å². The molecule has 0 spiro atoms. The van der Waals surface area contributed by atoms with E-state index in [4.69, 9.17) is 0 Å². The molecule has 0 fully saturated rings. The van der Waals surface area contributed by atoms with Crippen molar-refractivity contribution in [3.8, 4) is 11.1 Å². The van der Waals surface area contributed by atoms with E-state index in [1.54, 1.807) is 0 Å². The minimum absolute atomic E-state index is 0.0257. The molecular formula is C24H28N2O. The molecule has 140 valence electrons. The molecule has 0 bridgehead atoms. The first-order valence-electron chi connectivity index (χ1n) is 9.77. The van der Waals surface area contributed by atoms with E-state index in [1.807, 2.05) is 0 Å². The molecule has 1 atom stereocenters. The van der Waals surface area contributed by atoms with Crippen LogP contribution in [0.3, 0.4) is 0 Å². The molecule has 3 aromatic rings. The molecule has 0 radical (unpaired) electrons. The van der Waals surface area contributed by atoms with Crippen LogP contribution in [-0.2, 0) is 16.8 Å². The Labute approximate surface area is 161 Å². The van der Waals surface area contributed by atoms with Crippen molar-refractivity contribution in [3.05, 3.63) is 53.7 Å². The predicted octanol–water partition coefficient (Wildman–Crippen LogP) is 5.69. The van der Waals surface area contributed by atoms with Crippen LogP contribution < -0.4 is 5.32 Å². The van der Waals surface area contributed by atoms with Crippen molar-refractivity contribution in [1.29, 1.82) is 0 Å². The van der Waals surface area contributed by atoms with Gasteiger partial charge in [0.25, 0.3) is 0 Å². The van der Waals surface area contributed by atoms with Crippen molar-refractivity contribution in [2.24, 2.45) is 0 Å². The van der Waals surface area contributed by atoms with Crippen LogP contribution in [0, 0.1) is 6.92 Å². The van der Waals surface area contributed by atoms with Gasteiger partial charge in [0.2, 0.25) is 0 Å². The number of para-hydroxylation sites is 1. The number of hydrogen-bond acceptors (Lipinski definition) is 2. The average molecular weight is 361 g/mol. The quantitative estimate of drug-likeness (QED) is 0.605. The lowest BCUT2D eigenvalue weighted by Crippen LogP contribution is -2.20. The van der Waals surface area contributed by atoms with Crippen LogP contribution in [-0.4, -0.2) is 16.4 Å². The van der Waals surface area contributed by atoms with Gasteiger partial charge in [0.05, 0.1) is 0 Å². The van der Waals surface area contributed by atoms with Gasteiger partial charge in [-0.3, -0.25) is 4.79 Å². The number of carbonyl (C=O) groups is 1. The van der Waals surface area contributed by atoms with Crippen molar-refractivity contribution in [2.45, 2.75) is 59.0 Å². The molecule has 1 N–H and O–H groups in total. The molecule has 0 amide bonds. The molecule has 0 saturated heterocycles. The molecular weight excluding hydrogens is 332 g/mol. The molecule has 0 unspecified atom stereocenters. The monoisotopic (exact) mass is 360 g/mol. The van der Waals surface area contributed by atoms with Crippen molar-refractivity contribution >= 4 is 22.4 Å². The first kappa shape index (κ1) is 17.8. The molecule has 3 nitrogen and oxygen atoms in total. The van der Waals surface area contributed by atoms with Gasteiger partial charge in [-0.05, 0) is 57.4 Å². The van der Waals surface area contributed by atoms with Crippen molar-refractivity contribution in [3.63, 3.8) is 0 Å². The van der Waals surface area contributed by atoms with Crippen LogP contribution in [0.4, 0.5) is 5.69 Å². The number of aromatic nitrogens is 1. The summed E-state index contributed by atoms with van der Waals surface area (Å²) in [6.07, 6.45) is 3.35. The predicted molar refractivity (Wildman–Crippen MR) is 114 cm³/mol. The summed E-state index contributed by atoms with van der Waals surface area (Å²) in [6, 6.07) is 13.2. The number of ketones is 1. The second-order valence-electron chi connectivity index (χ2n) is 8.89. The van der Waals surface area contributed by atoms with Gasteiger partial charge < -0.3 is 9.88 Å².